The zero-order valence-electron chi connectivity index (χ0n) is 13.1. The summed E-state index contributed by atoms with van der Waals surface area (Å²) in [5.74, 6) is 0.107. The smallest absolute Gasteiger partial charge is 0.221 e. The number of carbonyl (C=O) groups excluding carboxylic acids is 1. The van der Waals surface area contributed by atoms with Crippen LogP contribution in [0.2, 0.25) is 0 Å². The Balaban J connectivity index is 2.03. The predicted octanol–water partition coefficient (Wildman–Crippen LogP) is 2.67. The van der Waals surface area contributed by atoms with Crippen molar-refractivity contribution >= 4 is 16.8 Å². The lowest BCUT2D eigenvalue weighted by atomic mass is 10.1. The molecule has 2 aromatic rings. The molecule has 0 atom stereocenters. The Morgan fingerprint density at radius 2 is 2.10 bits per heavy atom. The van der Waals surface area contributed by atoms with Crippen molar-refractivity contribution in [1.82, 2.24) is 15.2 Å². The second kappa shape index (κ2) is 7.27. The third-order valence-electron chi connectivity index (χ3n) is 3.44. The maximum atomic E-state index is 11.7. The Labute approximate surface area is 126 Å². The minimum Gasteiger partial charge on any atom is -0.354 e. The molecular formula is C17H25N3O. The van der Waals surface area contributed by atoms with Crippen molar-refractivity contribution < 1.29 is 4.79 Å². The van der Waals surface area contributed by atoms with Crippen molar-refractivity contribution in [2.24, 2.45) is 0 Å². The number of amides is 1. The number of aromatic nitrogens is 1. The van der Waals surface area contributed by atoms with Crippen LogP contribution in [0.3, 0.4) is 0 Å². The van der Waals surface area contributed by atoms with Gasteiger partial charge in [0.1, 0.15) is 0 Å². The first-order chi connectivity index (χ1) is 10.1. The van der Waals surface area contributed by atoms with E-state index in [1.807, 2.05) is 13.8 Å². The summed E-state index contributed by atoms with van der Waals surface area (Å²) in [6, 6.07) is 8.82. The Hall–Kier alpha value is -1.81. The topological polar surface area (TPSA) is 46.1 Å². The molecule has 4 heteroatoms. The van der Waals surface area contributed by atoms with Crippen molar-refractivity contribution in [2.45, 2.75) is 46.3 Å². The van der Waals surface area contributed by atoms with Crippen LogP contribution in [0.5, 0.6) is 0 Å². The van der Waals surface area contributed by atoms with Gasteiger partial charge >= 0.3 is 0 Å². The zero-order valence-corrected chi connectivity index (χ0v) is 13.1. The number of nitrogens with zero attached hydrogens (tertiary/aromatic N) is 1. The monoisotopic (exact) mass is 287 g/mol. The number of fused-ring (bicyclic) bond motifs is 1. The van der Waals surface area contributed by atoms with E-state index in [2.05, 4.69) is 52.6 Å². The zero-order chi connectivity index (χ0) is 15.2. The van der Waals surface area contributed by atoms with E-state index in [0.29, 0.717) is 13.0 Å². The molecule has 0 saturated heterocycles. The van der Waals surface area contributed by atoms with Crippen LogP contribution in [0.15, 0.2) is 30.5 Å². The fraction of sp³-hybridized carbons (Fsp3) is 0.471. The number of aryl methyl sites for hydroxylation is 1. The van der Waals surface area contributed by atoms with Crippen molar-refractivity contribution in [1.29, 1.82) is 0 Å². The molecule has 21 heavy (non-hydrogen) atoms. The maximum Gasteiger partial charge on any atom is 0.221 e. The molecule has 0 fully saturated rings. The summed E-state index contributed by atoms with van der Waals surface area (Å²) in [6.45, 7) is 8.66. The number of nitrogens with one attached hydrogen (secondary N) is 2. The van der Waals surface area contributed by atoms with Gasteiger partial charge in [-0.2, -0.15) is 0 Å². The van der Waals surface area contributed by atoms with Crippen LogP contribution in [0.1, 0.15) is 32.8 Å². The average molecular weight is 287 g/mol. The van der Waals surface area contributed by atoms with Gasteiger partial charge < -0.3 is 15.2 Å². The van der Waals surface area contributed by atoms with Crippen molar-refractivity contribution in [3.63, 3.8) is 0 Å². The number of rotatable bonds is 7. The largest absolute Gasteiger partial charge is 0.354 e. The average Bonchev–Trinajstić information content (AvgIpc) is 2.84. The highest BCUT2D eigenvalue weighted by Crippen LogP contribution is 2.18. The van der Waals surface area contributed by atoms with Gasteiger partial charge in [0.05, 0.1) is 0 Å². The van der Waals surface area contributed by atoms with Gasteiger partial charge in [0.25, 0.3) is 0 Å². The van der Waals surface area contributed by atoms with Crippen LogP contribution in [-0.2, 0) is 17.9 Å². The first kappa shape index (κ1) is 15.6. The Morgan fingerprint density at radius 1 is 1.29 bits per heavy atom. The summed E-state index contributed by atoms with van der Waals surface area (Å²) < 4.78 is 2.15. The SMILES string of the molecule is CCNCc1ccc2c(ccn2CCC(=O)NC(C)C)c1. The highest BCUT2D eigenvalue weighted by atomic mass is 16.1. The van der Waals surface area contributed by atoms with Gasteiger partial charge in [-0.1, -0.05) is 13.0 Å². The molecule has 4 nitrogen and oxygen atoms in total. The van der Waals surface area contributed by atoms with E-state index in [1.54, 1.807) is 0 Å². The Bertz CT molecular complexity index is 601. The van der Waals surface area contributed by atoms with Crippen LogP contribution >= 0.6 is 0 Å². The lowest BCUT2D eigenvalue weighted by Gasteiger charge is -2.09. The third-order valence-corrected chi connectivity index (χ3v) is 3.44. The normalized spacial score (nSPS) is 11.2. The minimum atomic E-state index is 0.107. The highest BCUT2D eigenvalue weighted by molar-refractivity contribution is 5.81. The lowest BCUT2D eigenvalue weighted by molar-refractivity contribution is -0.121. The molecule has 2 N–H and O–H groups in total. The molecule has 0 radical (unpaired) electrons. The lowest BCUT2D eigenvalue weighted by Crippen LogP contribution is -2.30. The minimum absolute atomic E-state index is 0.107. The fourth-order valence-electron chi connectivity index (χ4n) is 2.44. The van der Waals surface area contributed by atoms with Crippen LogP contribution < -0.4 is 10.6 Å². The number of benzene rings is 1. The van der Waals surface area contributed by atoms with E-state index in [0.717, 1.165) is 13.1 Å². The van der Waals surface area contributed by atoms with Crippen molar-refractivity contribution in [3.8, 4) is 0 Å². The quantitative estimate of drug-likeness (QED) is 0.822. The summed E-state index contributed by atoms with van der Waals surface area (Å²) >= 11 is 0. The van der Waals surface area contributed by atoms with Gasteiger partial charge in [-0.05, 0) is 49.5 Å². The van der Waals surface area contributed by atoms with Crippen molar-refractivity contribution in [3.05, 3.63) is 36.0 Å². The second-order valence-electron chi connectivity index (χ2n) is 5.65. The molecule has 0 spiro atoms. The standard InChI is InChI=1S/C17H25N3O/c1-4-18-12-14-5-6-16-15(11-14)7-9-20(16)10-8-17(21)19-13(2)3/h5-7,9,11,13,18H,4,8,10,12H2,1-3H3,(H,19,21). The van der Waals surface area contributed by atoms with E-state index < -0.39 is 0 Å². The molecule has 1 amide bonds. The summed E-state index contributed by atoms with van der Waals surface area (Å²) in [6.07, 6.45) is 2.57. The van der Waals surface area contributed by atoms with Crippen LogP contribution in [-0.4, -0.2) is 23.1 Å². The molecule has 0 unspecified atom stereocenters. The van der Waals surface area contributed by atoms with Crippen LogP contribution in [0.25, 0.3) is 10.9 Å². The molecule has 0 aliphatic rings. The summed E-state index contributed by atoms with van der Waals surface area (Å²) in [4.78, 5) is 11.7. The molecular weight excluding hydrogens is 262 g/mol. The number of hydrogen-bond donors (Lipinski definition) is 2. The fourth-order valence-corrected chi connectivity index (χ4v) is 2.44. The first-order valence-electron chi connectivity index (χ1n) is 7.68. The molecule has 2 rings (SSSR count). The second-order valence-corrected chi connectivity index (χ2v) is 5.65. The van der Waals surface area contributed by atoms with E-state index in [-0.39, 0.29) is 11.9 Å². The molecule has 1 heterocycles. The summed E-state index contributed by atoms with van der Waals surface area (Å²) in [5.41, 5.74) is 2.48. The molecule has 0 saturated carbocycles. The molecule has 0 aliphatic carbocycles. The first-order valence-corrected chi connectivity index (χ1v) is 7.68. The van der Waals surface area contributed by atoms with Crippen LogP contribution in [0, 0.1) is 0 Å². The van der Waals surface area contributed by atoms with E-state index in [9.17, 15) is 4.79 Å². The van der Waals surface area contributed by atoms with E-state index in [4.69, 9.17) is 0 Å². The van der Waals surface area contributed by atoms with Gasteiger partial charge in [-0.15, -0.1) is 0 Å². The van der Waals surface area contributed by atoms with Gasteiger partial charge in [-0.25, -0.2) is 0 Å². The van der Waals surface area contributed by atoms with Gasteiger partial charge in [0.2, 0.25) is 5.91 Å². The third kappa shape index (κ3) is 4.33. The van der Waals surface area contributed by atoms with E-state index >= 15 is 0 Å². The Kier molecular flexibility index (Phi) is 5.39. The number of hydrogen-bond acceptors (Lipinski definition) is 2. The van der Waals surface area contributed by atoms with Crippen LogP contribution in [0.4, 0.5) is 0 Å². The summed E-state index contributed by atoms with van der Waals surface area (Å²) in [5, 5.41) is 7.49. The highest BCUT2D eigenvalue weighted by Gasteiger charge is 2.06. The predicted molar refractivity (Wildman–Crippen MR) is 87.2 cm³/mol. The van der Waals surface area contributed by atoms with Gasteiger partial charge in [0, 0.05) is 37.3 Å². The molecule has 114 valence electrons. The molecule has 0 bridgehead atoms. The van der Waals surface area contributed by atoms with E-state index in [1.165, 1.54) is 16.5 Å². The summed E-state index contributed by atoms with van der Waals surface area (Å²) in [7, 11) is 0. The molecule has 1 aromatic carbocycles. The van der Waals surface area contributed by atoms with Gasteiger partial charge in [-0.3, -0.25) is 4.79 Å². The van der Waals surface area contributed by atoms with Crippen molar-refractivity contribution in [2.75, 3.05) is 6.54 Å². The molecule has 0 aliphatic heterocycles. The Morgan fingerprint density at radius 3 is 2.81 bits per heavy atom. The van der Waals surface area contributed by atoms with Gasteiger partial charge in [0.15, 0.2) is 0 Å². The number of carbonyl (C=O) groups is 1. The molecule has 1 aromatic heterocycles. The maximum absolute atomic E-state index is 11.7.